The summed E-state index contributed by atoms with van der Waals surface area (Å²) in [6.45, 7) is 4.09. The second-order valence-corrected chi connectivity index (χ2v) is 5.71. The summed E-state index contributed by atoms with van der Waals surface area (Å²) in [5.41, 5.74) is 1.17. The number of carbonyl (C=O) groups is 2. The fourth-order valence-electron chi connectivity index (χ4n) is 2.91. The van der Waals surface area contributed by atoms with Crippen LogP contribution >= 0.6 is 0 Å². The van der Waals surface area contributed by atoms with Crippen LogP contribution in [0.15, 0.2) is 54.6 Å². The molecule has 0 spiro atoms. The van der Waals surface area contributed by atoms with Crippen molar-refractivity contribution in [2.45, 2.75) is 39.2 Å². The minimum atomic E-state index is -1.03. The van der Waals surface area contributed by atoms with Gasteiger partial charge >= 0.3 is 5.97 Å². The number of amides is 1. The number of carboxylic acid groups (broad SMARTS) is 1. The van der Waals surface area contributed by atoms with Gasteiger partial charge in [-0.05, 0) is 37.1 Å². The second kappa shape index (κ2) is 8.29. The van der Waals surface area contributed by atoms with Gasteiger partial charge < -0.3 is 10.0 Å². The molecular weight excluding hydrogens is 302 g/mol. The van der Waals surface area contributed by atoms with E-state index in [0.717, 1.165) is 19.3 Å². The monoisotopic (exact) mass is 325 g/mol. The van der Waals surface area contributed by atoms with E-state index >= 15 is 0 Å². The summed E-state index contributed by atoms with van der Waals surface area (Å²) in [5.74, 6) is -1.19. The molecule has 2 rings (SSSR count). The molecule has 0 bridgehead atoms. The first-order valence-corrected chi connectivity index (χ1v) is 8.31. The van der Waals surface area contributed by atoms with Crippen LogP contribution in [-0.4, -0.2) is 23.0 Å². The number of carboxylic acids is 1. The van der Waals surface area contributed by atoms with E-state index in [1.165, 1.54) is 0 Å². The maximum Gasteiger partial charge on any atom is 0.337 e. The highest BCUT2D eigenvalue weighted by molar-refractivity contribution is 6.09. The summed E-state index contributed by atoms with van der Waals surface area (Å²) >= 11 is 0. The molecule has 0 aliphatic heterocycles. The summed E-state index contributed by atoms with van der Waals surface area (Å²) in [7, 11) is 0. The van der Waals surface area contributed by atoms with Gasteiger partial charge in [-0.15, -0.1) is 0 Å². The number of rotatable bonds is 7. The lowest BCUT2D eigenvalue weighted by atomic mass is 10.0. The molecule has 0 fully saturated rings. The molecule has 2 aromatic rings. The molecule has 0 heterocycles. The normalized spacial score (nSPS) is 11.8. The minimum Gasteiger partial charge on any atom is -0.478 e. The van der Waals surface area contributed by atoms with Gasteiger partial charge in [0.2, 0.25) is 0 Å². The average Bonchev–Trinajstić information content (AvgIpc) is 2.62. The van der Waals surface area contributed by atoms with Gasteiger partial charge in [0.25, 0.3) is 5.91 Å². The number of carbonyl (C=O) groups excluding carboxylic acids is 1. The highest BCUT2D eigenvalue weighted by Gasteiger charge is 2.28. The molecular formula is C20H23NO3. The molecule has 2 aromatic carbocycles. The molecule has 1 amide bonds. The fourth-order valence-corrected chi connectivity index (χ4v) is 2.91. The number of anilines is 1. The number of nitrogens with zero attached hydrogens (tertiary/aromatic N) is 1. The van der Waals surface area contributed by atoms with Crippen molar-refractivity contribution in [3.05, 3.63) is 65.7 Å². The Morgan fingerprint density at radius 2 is 1.62 bits per heavy atom. The van der Waals surface area contributed by atoms with E-state index in [0.29, 0.717) is 11.3 Å². The first-order valence-electron chi connectivity index (χ1n) is 8.31. The Morgan fingerprint density at radius 3 is 2.21 bits per heavy atom. The van der Waals surface area contributed by atoms with Crippen LogP contribution in [0.4, 0.5) is 5.69 Å². The first-order chi connectivity index (χ1) is 11.6. The Kier molecular flexibility index (Phi) is 6.13. The first kappa shape index (κ1) is 17.7. The minimum absolute atomic E-state index is 0.0387. The Balaban J connectivity index is 2.55. The third kappa shape index (κ3) is 3.82. The SMILES string of the molecule is CCCC(CC)N(C(=O)c1ccccc1)c1ccccc1C(=O)O. The third-order valence-electron chi connectivity index (χ3n) is 4.09. The van der Waals surface area contributed by atoms with Crippen molar-refractivity contribution < 1.29 is 14.7 Å². The lowest BCUT2D eigenvalue weighted by Gasteiger charge is -2.32. The summed E-state index contributed by atoms with van der Waals surface area (Å²) in [6.07, 6.45) is 2.51. The Morgan fingerprint density at radius 1 is 1.00 bits per heavy atom. The van der Waals surface area contributed by atoms with E-state index in [1.54, 1.807) is 41.3 Å². The highest BCUT2D eigenvalue weighted by Crippen LogP contribution is 2.27. The zero-order valence-corrected chi connectivity index (χ0v) is 14.1. The quantitative estimate of drug-likeness (QED) is 0.808. The van der Waals surface area contributed by atoms with E-state index in [-0.39, 0.29) is 17.5 Å². The van der Waals surface area contributed by atoms with Gasteiger partial charge in [0, 0.05) is 11.6 Å². The summed E-state index contributed by atoms with van der Waals surface area (Å²) in [4.78, 5) is 26.4. The van der Waals surface area contributed by atoms with Gasteiger partial charge in [0.05, 0.1) is 11.3 Å². The van der Waals surface area contributed by atoms with Crippen LogP contribution in [0.25, 0.3) is 0 Å². The van der Waals surface area contributed by atoms with Gasteiger partial charge in [-0.3, -0.25) is 4.79 Å². The smallest absolute Gasteiger partial charge is 0.337 e. The second-order valence-electron chi connectivity index (χ2n) is 5.71. The maximum absolute atomic E-state index is 13.1. The lowest BCUT2D eigenvalue weighted by Crippen LogP contribution is -2.41. The summed E-state index contributed by atoms with van der Waals surface area (Å²) < 4.78 is 0. The Bertz CT molecular complexity index is 697. The Hall–Kier alpha value is -2.62. The van der Waals surface area contributed by atoms with Crippen LogP contribution in [0.2, 0.25) is 0 Å². The number of benzene rings is 2. The van der Waals surface area contributed by atoms with Gasteiger partial charge in [-0.25, -0.2) is 4.79 Å². The van der Waals surface area contributed by atoms with E-state index in [2.05, 4.69) is 6.92 Å². The van der Waals surface area contributed by atoms with Crippen LogP contribution in [-0.2, 0) is 0 Å². The molecule has 0 saturated carbocycles. The number of para-hydroxylation sites is 1. The molecule has 126 valence electrons. The van der Waals surface area contributed by atoms with Crippen LogP contribution in [0.1, 0.15) is 53.8 Å². The number of hydrogen-bond acceptors (Lipinski definition) is 2. The Labute approximate surface area is 142 Å². The molecule has 4 heteroatoms. The van der Waals surface area contributed by atoms with Crippen molar-refractivity contribution in [3.63, 3.8) is 0 Å². The van der Waals surface area contributed by atoms with Crippen molar-refractivity contribution >= 4 is 17.6 Å². The molecule has 0 radical (unpaired) electrons. The van der Waals surface area contributed by atoms with Crippen molar-refractivity contribution in [2.24, 2.45) is 0 Å². The zero-order valence-electron chi connectivity index (χ0n) is 14.1. The number of aromatic carboxylic acids is 1. The average molecular weight is 325 g/mol. The van der Waals surface area contributed by atoms with Crippen LogP contribution in [0.3, 0.4) is 0 Å². The predicted molar refractivity (Wildman–Crippen MR) is 95.6 cm³/mol. The van der Waals surface area contributed by atoms with Gasteiger partial charge in [-0.2, -0.15) is 0 Å². The van der Waals surface area contributed by atoms with E-state index in [9.17, 15) is 14.7 Å². The molecule has 1 N–H and O–H groups in total. The fraction of sp³-hybridized carbons (Fsp3) is 0.300. The topological polar surface area (TPSA) is 57.6 Å². The highest BCUT2D eigenvalue weighted by atomic mass is 16.4. The maximum atomic E-state index is 13.1. The van der Waals surface area contributed by atoms with Crippen molar-refractivity contribution in [1.82, 2.24) is 0 Å². The summed E-state index contributed by atoms with van der Waals surface area (Å²) in [6, 6.07) is 15.7. The molecule has 0 aromatic heterocycles. The van der Waals surface area contributed by atoms with Gasteiger partial charge in [0.15, 0.2) is 0 Å². The van der Waals surface area contributed by atoms with E-state index in [1.807, 2.05) is 25.1 Å². The molecule has 4 nitrogen and oxygen atoms in total. The van der Waals surface area contributed by atoms with Crippen molar-refractivity contribution in [3.8, 4) is 0 Å². The molecule has 1 atom stereocenters. The van der Waals surface area contributed by atoms with Crippen LogP contribution in [0.5, 0.6) is 0 Å². The molecule has 0 aliphatic rings. The lowest BCUT2D eigenvalue weighted by molar-refractivity contribution is 0.0697. The van der Waals surface area contributed by atoms with Gasteiger partial charge in [0.1, 0.15) is 0 Å². The summed E-state index contributed by atoms with van der Waals surface area (Å²) in [5, 5.41) is 9.51. The number of hydrogen-bond donors (Lipinski definition) is 1. The zero-order chi connectivity index (χ0) is 17.5. The molecule has 0 aliphatic carbocycles. The van der Waals surface area contributed by atoms with E-state index in [4.69, 9.17) is 0 Å². The molecule has 1 unspecified atom stereocenters. The largest absolute Gasteiger partial charge is 0.478 e. The van der Waals surface area contributed by atoms with Crippen LogP contribution in [0, 0.1) is 0 Å². The van der Waals surface area contributed by atoms with Crippen LogP contribution < -0.4 is 4.90 Å². The standard InChI is InChI=1S/C20H23NO3/c1-3-10-16(4-2)21(19(22)15-11-6-5-7-12-15)18-14-9-8-13-17(18)20(23)24/h5-9,11-14,16H,3-4,10H2,1-2H3,(H,23,24). The molecule has 0 saturated heterocycles. The van der Waals surface area contributed by atoms with Crippen molar-refractivity contribution in [2.75, 3.05) is 4.90 Å². The van der Waals surface area contributed by atoms with Crippen molar-refractivity contribution in [1.29, 1.82) is 0 Å². The van der Waals surface area contributed by atoms with E-state index < -0.39 is 5.97 Å². The van der Waals surface area contributed by atoms with Gasteiger partial charge in [-0.1, -0.05) is 50.6 Å². The predicted octanol–water partition coefficient (Wildman–Crippen LogP) is 4.61. The third-order valence-corrected chi connectivity index (χ3v) is 4.09. The molecule has 24 heavy (non-hydrogen) atoms.